The van der Waals surface area contributed by atoms with E-state index in [1.54, 1.807) is 6.07 Å². The lowest BCUT2D eigenvalue weighted by atomic mass is 9.93. The van der Waals surface area contributed by atoms with Gasteiger partial charge in [-0.15, -0.1) is 0 Å². The van der Waals surface area contributed by atoms with Crippen LogP contribution in [0.5, 0.6) is 0 Å². The Kier molecular flexibility index (Phi) is 5.00. The molecule has 0 spiro atoms. The maximum Gasteiger partial charge on any atom is 0.249 e. The Labute approximate surface area is 147 Å². The highest BCUT2D eigenvalue weighted by Gasteiger charge is 2.30. The van der Waals surface area contributed by atoms with Gasteiger partial charge in [-0.1, -0.05) is 68.6 Å². The second-order valence-electron chi connectivity index (χ2n) is 6.04. The number of anilines is 1. The number of carbonyl (C=O) groups excluding carboxylic acids is 1. The zero-order valence-corrected chi connectivity index (χ0v) is 14.7. The van der Waals surface area contributed by atoms with Crippen molar-refractivity contribution in [3.8, 4) is 0 Å². The molecule has 0 saturated heterocycles. The number of hydrogen-bond donors (Lipinski definition) is 1. The highest BCUT2D eigenvalue weighted by atomic mass is 35.5. The second-order valence-corrected chi connectivity index (χ2v) is 6.48. The molecule has 1 N–H and O–H groups in total. The predicted molar refractivity (Wildman–Crippen MR) is 100 cm³/mol. The molecule has 2 aromatic rings. The Hall–Kier alpha value is -2.13. The zero-order chi connectivity index (χ0) is 17.1. The minimum absolute atomic E-state index is 0.0433. The standard InChI is InChI=1S/C20H21ClN2O/c1-3-13(4-2)19-20(24)22-17-11-10-15(21)12-16(17)18(23-19)14-8-6-5-7-9-14/h5-13,19H,3-4H2,1-2H3,(H,22,24)/t19-/m0/s1. The molecule has 4 heteroatoms. The van der Waals surface area contributed by atoms with E-state index >= 15 is 0 Å². The Morgan fingerprint density at radius 2 is 1.83 bits per heavy atom. The van der Waals surface area contributed by atoms with Crippen LogP contribution in [0.3, 0.4) is 0 Å². The van der Waals surface area contributed by atoms with Crippen LogP contribution >= 0.6 is 11.6 Å². The second kappa shape index (κ2) is 7.18. The van der Waals surface area contributed by atoms with Crippen LogP contribution in [-0.4, -0.2) is 17.7 Å². The third-order valence-corrected chi connectivity index (χ3v) is 4.81. The van der Waals surface area contributed by atoms with E-state index in [1.807, 2.05) is 42.5 Å². The van der Waals surface area contributed by atoms with Crippen LogP contribution in [-0.2, 0) is 4.79 Å². The van der Waals surface area contributed by atoms with Crippen molar-refractivity contribution in [3.63, 3.8) is 0 Å². The molecule has 124 valence electrons. The van der Waals surface area contributed by atoms with E-state index in [2.05, 4.69) is 19.2 Å². The number of fused-ring (bicyclic) bond motifs is 1. The van der Waals surface area contributed by atoms with E-state index in [0.29, 0.717) is 5.02 Å². The number of amides is 1. The fourth-order valence-corrected chi connectivity index (χ4v) is 3.35. The van der Waals surface area contributed by atoms with Gasteiger partial charge in [0.15, 0.2) is 0 Å². The van der Waals surface area contributed by atoms with Gasteiger partial charge < -0.3 is 5.32 Å². The van der Waals surface area contributed by atoms with Gasteiger partial charge in [0.1, 0.15) is 6.04 Å². The predicted octanol–water partition coefficient (Wildman–Crippen LogP) is 4.93. The molecular weight excluding hydrogens is 320 g/mol. The minimum Gasteiger partial charge on any atom is -0.324 e. The van der Waals surface area contributed by atoms with Gasteiger partial charge in [0.25, 0.3) is 0 Å². The average Bonchev–Trinajstić information content (AvgIpc) is 2.74. The molecule has 1 atom stereocenters. The van der Waals surface area contributed by atoms with E-state index in [0.717, 1.165) is 35.4 Å². The number of nitrogens with zero attached hydrogens (tertiary/aromatic N) is 1. The van der Waals surface area contributed by atoms with Crippen molar-refractivity contribution < 1.29 is 4.79 Å². The zero-order valence-electron chi connectivity index (χ0n) is 13.9. The van der Waals surface area contributed by atoms with Crippen LogP contribution in [0, 0.1) is 5.92 Å². The molecule has 0 radical (unpaired) electrons. The summed E-state index contributed by atoms with van der Waals surface area (Å²) in [7, 11) is 0. The summed E-state index contributed by atoms with van der Waals surface area (Å²) >= 11 is 6.20. The van der Waals surface area contributed by atoms with Gasteiger partial charge in [-0.3, -0.25) is 9.79 Å². The summed E-state index contributed by atoms with van der Waals surface area (Å²) in [5.74, 6) is 0.173. The van der Waals surface area contributed by atoms with E-state index in [-0.39, 0.29) is 17.9 Å². The van der Waals surface area contributed by atoms with E-state index in [4.69, 9.17) is 16.6 Å². The molecule has 24 heavy (non-hydrogen) atoms. The van der Waals surface area contributed by atoms with Crippen molar-refractivity contribution in [1.82, 2.24) is 0 Å². The third kappa shape index (κ3) is 3.22. The summed E-state index contributed by atoms with van der Waals surface area (Å²) in [6.45, 7) is 4.21. The summed E-state index contributed by atoms with van der Waals surface area (Å²) in [5, 5.41) is 3.67. The molecule has 1 amide bonds. The lowest BCUT2D eigenvalue weighted by Gasteiger charge is -2.20. The number of aliphatic imine (C=N–C) groups is 1. The first-order valence-corrected chi connectivity index (χ1v) is 8.75. The van der Waals surface area contributed by atoms with E-state index in [9.17, 15) is 4.79 Å². The third-order valence-electron chi connectivity index (χ3n) is 4.57. The molecule has 0 fully saturated rings. The summed E-state index contributed by atoms with van der Waals surface area (Å²) in [4.78, 5) is 17.6. The summed E-state index contributed by atoms with van der Waals surface area (Å²) in [5.41, 5.74) is 3.45. The molecule has 0 aliphatic carbocycles. The van der Waals surface area contributed by atoms with Crippen molar-refractivity contribution in [1.29, 1.82) is 0 Å². The number of halogens is 1. The van der Waals surface area contributed by atoms with Crippen LogP contribution < -0.4 is 5.32 Å². The van der Waals surface area contributed by atoms with E-state index < -0.39 is 0 Å². The molecule has 1 heterocycles. The van der Waals surface area contributed by atoms with Gasteiger partial charge in [0, 0.05) is 16.1 Å². The van der Waals surface area contributed by atoms with Gasteiger partial charge in [0.05, 0.1) is 11.4 Å². The molecule has 2 aromatic carbocycles. The van der Waals surface area contributed by atoms with Gasteiger partial charge >= 0.3 is 0 Å². The van der Waals surface area contributed by atoms with Crippen LogP contribution in [0.2, 0.25) is 5.02 Å². The van der Waals surface area contributed by atoms with Crippen LogP contribution in [0.25, 0.3) is 0 Å². The topological polar surface area (TPSA) is 41.5 Å². The van der Waals surface area contributed by atoms with Crippen molar-refractivity contribution in [2.24, 2.45) is 10.9 Å². The molecule has 0 aromatic heterocycles. The quantitative estimate of drug-likeness (QED) is 0.842. The number of rotatable bonds is 4. The van der Waals surface area contributed by atoms with Crippen molar-refractivity contribution in [2.75, 3.05) is 5.32 Å². The molecule has 1 aliphatic heterocycles. The summed E-state index contributed by atoms with van der Waals surface area (Å²) in [6.07, 6.45) is 1.83. The lowest BCUT2D eigenvalue weighted by molar-refractivity contribution is -0.118. The first-order valence-electron chi connectivity index (χ1n) is 8.38. The maximum absolute atomic E-state index is 12.7. The fourth-order valence-electron chi connectivity index (χ4n) is 3.18. The van der Waals surface area contributed by atoms with Gasteiger partial charge in [-0.25, -0.2) is 0 Å². The van der Waals surface area contributed by atoms with Crippen LogP contribution in [0.4, 0.5) is 5.69 Å². The number of nitrogens with one attached hydrogen (secondary N) is 1. The highest BCUT2D eigenvalue weighted by Crippen LogP contribution is 2.30. The number of benzodiazepines with no additional fused rings is 1. The Balaban J connectivity index is 2.20. The van der Waals surface area contributed by atoms with E-state index in [1.165, 1.54) is 0 Å². The highest BCUT2D eigenvalue weighted by molar-refractivity contribution is 6.32. The van der Waals surface area contributed by atoms with Gasteiger partial charge in [-0.2, -0.15) is 0 Å². The van der Waals surface area contributed by atoms with Crippen LogP contribution in [0.1, 0.15) is 37.8 Å². The molecule has 0 unspecified atom stereocenters. The van der Waals surface area contributed by atoms with Crippen molar-refractivity contribution >= 4 is 28.9 Å². The fraction of sp³-hybridized carbons (Fsp3) is 0.300. The number of hydrogen-bond acceptors (Lipinski definition) is 2. The number of benzene rings is 2. The lowest BCUT2D eigenvalue weighted by Crippen LogP contribution is -2.32. The Morgan fingerprint density at radius 1 is 1.12 bits per heavy atom. The first kappa shape index (κ1) is 16.7. The monoisotopic (exact) mass is 340 g/mol. The minimum atomic E-state index is -0.388. The largest absolute Gasteiger partial charge is 0.324 e. The first-order chi connectivity index (χ1) is 11.6. The summed E-state index contributed by atoms with van der Waals surface area (Å²) in [6, 6.07) is 15.1. The average molecular weight is 341 g/mol. The van der Waals surface area contributed by atoms with Crippen molar-refractivity contribution in [2.45, 2.75) is 32.7 Å². The molecule has 0 bridgehead atoms. The Morgan fingerprint density at radius 3 is 2.50 bits per heavy atom. The summed E-state index contributed by atoms with van der Waals surface area (Å²) < 4.78 is 0. The molecule has 3 rings (SSSR count). The smallest absolute Gasteiger partial charge is 0.249 e. The number of carbonyl (C=O) groups is 1. The molecule has 3 nitrogen and oxygen atoms in total. The van der Waals surface area contributed by atoms with Gasteiger partial charge in [-0.05, 0) is 24.1 Å². The van der Waals surface area contributed by atoms with Crippen molar-refractivity contribution in [3.05, 3.63) is 64.7 Å². The van der Waals surface area contributed by atoms with Gasteiger partial charge in [0.2, 0.25) is 5.91 Å². The normalized spacial score (nSPS) is 17.1. The molecular formula is C20H21ClN2O. The Bertz CT molecular complexity index is 766. The molecule has 0 saturated carbocycles. The SMILES string of the molecule is CCC(CC)[C@@H]1N=C(c2ccccc2)c2cc(Cl)ccc2NC1=O. The van der Waals surface area contributed by atoms with Crippen LogP contribution in [0.15, 0.2) is 53.5 Å². The maximum atomic E-state index is 12.7. The molecule has 1 aliphatic rings.